The Morgan fingerprint density at radius 3 is 0.873 bits per heavy atom. The summed E-state index contributed by atoms with van der Waals surface area (Å²) in [5, 5.41) is 0. The topological polar surface area (TPSA) is 102 Å². The molecule has 2 fully saturated rings. The van der Waals surface area contributed by atoms with Crippen LogP contribution in [0.3, 0.4) is 0 Å². The third-order valence-corrected chi connectivity index (χ3v) is 15.7. The van der Waals surface area contributed by atoms with Gasteiger partial charge in [0.1, 0.15) is 48.8 Å². The van der Waals surface area contributed by atoms with Crippen LogP contribution in [0.2, 0.25) is 157 Å². The average molecular weight is 920 g/mol. The third-order valence-electron chi connectivity index (χ3n) is 7.75. The predicted molar refractivity (Wildman–Crippen MR) is 246 cm³/mol. The summed E-state index contributed by atoms with van der Waals surface area (Å²) in [6, 6.07) is 0. The third kappa shape index (κ3) is 20.6. The van der Waals surface area contributed by atoms with Crippen LogP contribution in [-0.4, -0.2) is 141 Å². The fraction of sp³-hybridized carbons (Fsp3) is 1.00. The van der Waals surface area contributed by atoms with Crippen molar-refractivity contribution in [2.24, 2.45) is 0 Å². The van der Waals surface area contributed by atoms with Crippen LogP contribution >= 0.6 is 0 Å². The largest absolute Gasteiger partial charge is 0.415 e. The van der Waals surface area contributed by atoms with Crippen LogP contribution < -0.4 is 0 Å². The summed E-state index contributed by atoms with van der Waals surface area (Å²) in [5.74, 6) is 0. The van der Waals surface area contributed by atoms with E-state index in [-0.39, 0.29) is 0 Å². The minimum atomic E-state index is -2.23. The SMILES string of the molecule is C[Si](C)(C)OCC1O[C@H](OC2[C@H](O[Si](C)(C)C)OC(CO[Si](C)(C)C)[C@H](O[Si](C)(C)C)[C@@H]2O[Si](C)(C)C)C(O[Si](C)(C)C)[C@@H](O[Si](C)(C)C)[C@H]1O[Si](C)(C)C. The smallest absolute Gasteiger partial charge is 0.187 e. The van der Waals surface area contributed by atoms with Crippen LogP contribution in [0, 0.1) is 0 Å². The van der Waals surface area contributed by atoms with Gasteiger partial charge in [-0.25, -0.2) is 0 Å². The summed E-state index contributed by atoms with van der Waals surface area (Å²) in [6.45, 7) is 53.6. The lowest BCUT2D eigenvalue weighted by atomic mass is 9.97. The van der Waals surface area contributed by atoms with E-state index in [2.05, 4.69) is 157 Å². The summed E-state index contributed by atoms with van der Waals surface area (Å²) in [7, 11) is -17.0. The molecule has 0 N–H and O–H groups in total. The molecule has 328 valence electrons. The summed E-state index contributed by atoms with van der Waals surface area (Å²) in [4.78, 5) is 0. The Hall–Kier alpha value is 1.30. The van der Waals surface area contributed by atoms with Gasteiger partial charge in [-0.1, -0.05) is 0 Å². The first-order chi connectivity index (χ1) is 24.2. The van der Waals surface area contributed by atoms with Crippen molar-refractivity contribution in [1.29, 1.82) is 0 Å². The van der Waals surface area contributed by atoms with Crippen molar-refractivity contribution in [3.63, 3.8) is 0 Å². The van der Waals surface area contributed by atoms with E-state index in [1.54, 1.807) is 0 Å². The lowest BCUT2D eigenvalue weighted by Gasteiger charge is -2.54. The maximum Gasteiger partial charge on any atom is 0.187 e. The molecule has 2 saturated heterocycles. The molecule has 0 aromatic rings. The highest BCUT2D eigenvalue weighted by atomic mass is 28.4. The summed E-state index contributed by atoms with van der Waals surface area (Å²) in [5.41, 5.74) is 0. The minimum absolute atomic E-state index is 0.359. The zero-order chi connectivity index (χ0) is 43.0. The van der Waals surface area contributed by atoms with E-state index in [1.165, 1.54) is 0 Å². The molecule has 19 heteroatoms. The average Bonchev–Trinajstić information content (AvgIpc) is 2.87. The maximum absolute atomic E-state index is 7.43. The number of hydrogen-bond donors (Lipinski definition) is 0. The van der Waals surface area contributed by atoms with E-state index >= 15 is 0 Å². The Morgan fingerprint density at radius 1 is 0.291 bits per heavy atom. The number of hydrogen-bond acceptors (Lipinski definition) is 11. The Bertz CT molecular complexity index is 1180. The molecule has 0 bridgehead atoms. The van der Waals surface area contributed by atoms with Crippen molar-refractivity contribution in [3.8, 4) is 0 Å². The van der Waals surface area contributed by atoms with Gasteiger partial charge in [-0.3, -0.25) is 0 Å². The van der Waals surface area contributed by atoms with Crippen LogP contribution in [0.15, 0.2) is 0 Å². The Kier molecular flexibility index (Phi) is 18.2. The summed E-state index contributed by atoms with van der Waals surface area (Å²) >= 11 is 0. The van der Waals surface area contributed by atoms with Gasteiger partial charge in [0.05, 0.1) is 13.2 Å². The molecule has 4 unspecified atom stereocenters. The molecule has 2 heterocycles. The fourth-order valence-electron chi connectivity index (χ4n) is 6.26. The van der Waals surface area contributed by atoms with E-state index in [1.807, 2.05) is 0 Å². The van der Waals surface area contributed by atoms with Gasteiger partial charge in [-0.15, -0.1) is 0 Å². The molecule has 0 radical (unpaired) electrons. The highest BCUT2D eigenvalue weighted by Gasteiger charge is 2.57. The van der Waals surface area contributed by atoms with Crippen LogP contribution in [0.4, 0.5) is 0 Å². The monoisotopic (exact) mass is 918 g/mol. The lowest BCUT2D eigenvalue weighted by molar-refractivity contribution is -0.351. The van der Waals surface area contributed by atoms with Crippen molar-refractivity contribution < 1.29 is 49.6 Å². The molecule has 2 aliphatic rings. The van der Waals surface area contributed by atoms with Crippen molar-refractivity contribution in [2.75, 3.05) is 13.2 Å². The van der Waals surface area contributed by atoms with Gasteiger partial charge in [-0.05, 0) is 157 Å². The fourth-order valence-corrected chi connectivity index (χ4v) is 13.9. The maximum atomic E-state index is 7.43. The van der Waals surface area contributed by atoms with E-state index in [0.29, 0.717) is 13.2 Å². The molecule has 0 amide bonds. The van der Waals surface area contributed by atoms with Crippen molar-refractivity contribution in [2.45, 2.75) is 219 Å². The molecule has 0 spiro atoms. The Morgan fingerprint density at radius 2 is 0.564 bits per heavy atom. The van der Waals surface area contributed by atoms with E-state index in [4.69, 9.17) is 49.6 Å². The zero-order valence-corrected chi connectivity index (χ0v) is 47.7. The molecular weight excluding hydrogens is 833 g/mol. The first-order valence-corrected chi connectivity index (χ1v) is 47.8. The van der Waals surface area contributed by atoms with Gasteiger partial charge in [0.15, 0.2) is 79.1 Å². The molecule has 2 aliphatic heterocycles. The van der Waals surface area contributed by atoms with Crippen LogP contribution in [0.25, 0.3) is 0 Å². The first-order valence-electron chi connectivity index (χ1n) is 20.5. The molecule has 55 heavy (non-hydrogen) atoms. The Labute approximate surface area is 346 Å². The second-order valence-corrected chi connectivity index (χ2v) is 59.0. The van der Waals surface area contributed by atoms with Crippen LogP contribution in [-0.2, 0) is 49.6 Å². The minimum Gasteiger partial charge on any atom is -0.415 e. The second-order valence-electron chi connectivity index (χ2n) is 23.2. The van der Waals surface area contributed by atoms with E-state index < -0.39 is 128 Å². The Balaban J connectivity index is 2.91. The van der Waals surface area contributed by atoms with Gasteiger partial charge < -0.3 is 49.6 Å². The quantitative estimate of drug-likeness (QED) is 0.109. The molecule has 11 nitrogen and oxygen atoms in total. The highest BCUT2D eigenvalue weighted by Crippen LogP contribution is 2.39. The van der Waals surface area contributed by atoms with Crippen molar-refractivity contribution >= 4 is 66.5 Å². The van der Waals surface area contributed by atoms with E-state index in [9.17, 15) is 0 Å². The number of ether oxygens (including phenoxy) is 3. The molecule has 0 aromatic carbocycles. The summed E-state index contributed by atoms with van der Waals surface area (Å²) < 4.78 is 77.4. The molecule has 0 aromatic heterocycles. The molecule has 10 atom stereocenters. The highest BCUT2D eigenvalue weighted by molar-refractivity contribution is 6.72. The first kappa shape index (κ1) is 52.4. The second kappa shape index (κ2) is 19.1. The predicted octanol–water partition coefficient (Wildman–Crippen LogP) is 9.48. The molecular formula is C36H86O11Si8. The van der Waals surface area contributed by atoms with Crippen LogP contribution in [0.5, 0.6) is 0 Å². The lowest BCUT2D eigenvalue weighted by Crippen LogP contribution is -2.70. The van der Waals surface area contributed by atoms with E-state index in [0.717, 1.165) is 0 Å². The van der Waals surface area contributed by atoms with Crippen LogP contribution in [0.1, 0.15) is 0 Å². The standard InChI is InChI=1S/C36H86O11Si8/c1-48(2,3)37-25-27-30(43-51(10,11)12)32(45-53(16,17)18)34(46-54(19,20)21)35(39-27)41-33-31(44-52(13,14)15)29(42-50(7,8)9)28(26-38-49(4,5)6)40-36(33)47-55(22,23)24/h27-36H,25-26H2,1-24H3/t27?,28?,29-,30-,31-,32-,33?,34?,35+,36-/m0/s1. The van der Waals surface area contributed by atoms with Gasteiger partial charge >= 0.3 is 0 Å². The molecule has 0 saturated carbocycles. The van der Waals surface area contributed by atoms with Gasteiger partial charge in [-0.2, -0.15) is 0 Å². The number of rotatable bonds is 20. The van der Waals surface area contributed by atoms with Gasteiger partial charge in [0, 0.05) is 0 Å². The van der Waals surface area contributed by atoms with Gasteiger partial charge in [0.25, 0.3) is 0 Å². The molecule has 2 rings (SSSR count). The van der Waals surface area contributed by atoms with Gasteiger partial charge in [0.2, 0.25) is 0 Å². The summed E-state index contributed by atoms with van der Waals surface area (Å²) in [6.07, 6.45) is -5.64. The normalized spacial score (nSPS) is 31.2. The van der Waals surface area contributed by atoms with Crippen molar-refractivity contribution in [1.82, 2.24) is 0 Å². The van der Waals surface area contributed by atoms with Crippen molar-refractivity contribution in [3.05, 3.63) is 0 Å². The zero-order valence-electron chi connectivity index (χ0n) is 39.7. The molecule has 0 aliphatic carbocycles.